The van der Waals surface area contributed by atoms with Crippen LogP contribution in [0.25, 0.3) is 0 Å². The second-order valence-electron chi connectivity index (χ2n) is 3.25. The van der Waals surface area contributed by atoms with Crippen molar-refractivity contribution in [2.75, 3.05) is 6.54 Å². The molecule has 1 rings (SSSR count). The number of carboxylic acids is 1. The van der Waals surface area contributed by atoms with Crippen molar-refractivity contribution in [3.05, 3.63) is 34.7 Å². The van der Waals surface area contributed by atoms with Crippen LogP contribution >= 0.6 is 0 Å². The summed E-state index contributed by atoms with van der Waals surface area (Å²) in [4.78, 5) is 21.7. The van der Waals surface area contributed by atoms with Crippen LogP contribution in [-0.4, -0.2) is 28.2 Å². The Morgan fingerprint density at radius 3 is 2.93 bits per heavy atom. The van der Waals surface area contributed by atoms with Gasteiger partial charge in [-0.25, -0.2) is 0 Å². The third-order valence-electron chi connectivity index (χ3n) is 2.07. The molecular weight excluding hydrogens is 196 g/mol. The van der Waals surface area contributed by atoms with Crippen molar-refractivity contribution < 1.29 is 9.90 Å². The minimum absolute atomic E-state index is 0.0812. The molecule has 0 saturated carbocycles. The molecule has 0 aromatic carbocycles. The first-order chi connectivity index (χ1) is 7.11. The number of nitrogens with zero attached hydrogens (tertiary/aromatic N) is 1. The van der Waals surface area contributed by atoms with E-state index in [9.17, 15) is 9.59 Å². The minimum atomic E-state index is -0.893. The van der Waals surface area contributed by atoms with E-state index in [4.69, 9.17) is 5.11 Å². The van der Waals surface area contributed by atoms with Crippen LogP contribution in [-0.2, 0) is 11.3 Å². The highest BCUT2D eigenvalue weighted by atomic mass is 16.4. The Morgan fingerprint density at radius 2 is 2.33 bits per heavy atom. The van der Waals surface area contributed by atoms with Crippen LogP contribution < -0.4 is 10.9 Å². The Bertz CT molecular complexity index is 386. The Balaban J connectivity index is 2.42. The summed E-state index contributed by atoms with van der Waals surface area (Å²) in [5.74, 6) is -0.893. The molecule has 0 aliphatic heterocycles. The topological polar surface area (TPSA) is 71.3 Å². The zero-order chi connectivity index (χ0) is 11.3. The normalized spacial score (nSPS) is 12.3. The van der Waals surface area contributed by atoms with Crippen LogP contribution in [0.3, 0.4) is 0 Å². The van der Waals surface area contributed by atoms with Gasteiger partial charge in [0.25, 0.3) is 5.56 Å². The maximum atomic E-state index is 11.2. The first kappa shape index (κ1) is 11.5. The number of hydrogen-bond donors (Lipinski definition) is 2. The van der Waals surface area contributed by atoms with Crippen LogP contribution in [0.5, 0.6) is 0 Å². The minimum Gasteiger partial charge on any atom is -0.480 e. The Hall–Kier alpha value is -1.62. The highest BCUT2D eigenvalue weighted by molar-refractivity contribution is 5.72. The third kappa shape index (κ3) is 3.55. The maximum absolute atomic E-state index is 11.2. The molecule has 1 atom stereocenters. The highest BCUT2D eigenvalue weighted by Crippen LogP contribution is 1.83. The zero-order valence-corrected chi connectivity index (χ0v) is 8.51. The molecule has 0 aliphatic carbocycles. The lowest BCUT2D eigenvalue weighted by molar-refractivity contribution is -0.138. The molecular formula is C10H14N2O3. The van der Waals surface area contributed by atoms with Gasteiger partial charge in [-0.2, -0.15) is 0 Å². The van der Waals surface area contributed by atoms with E-state index in [1.165, 1.54) is 10.6 Å². The summed E-state index contributed by atoms with van der Waals surface area (Å²) < 4.78 is 1.53. The van der Waals surface area contributed by atoms with Gasteiger partial charge in [-0.3, -0.25) is 9.59 Å². The van der Waals surface area contributed by atoms with Crippen LogP contribution in [0.15, 0.2) is 29.2 Å². The molecule has 15 heavy (non-hydrogen) atoms. The van der Waals surface area contributed by atoms with Gasteiger partial charge >= 0.3 is 5.97 Å². The summed E-state index contributed by atoms with van der Waals surface area (Å²) in [7, 11) is 0. The molecule has 0 fully saturated rings. The van der Waals surface area contributed by atoms with E-state index in [0.29, 0.717) is 13.1 Å². The predicted octanol–water partition coefficient (Wildman–Crippen LogP) is -0.0890. The number of nitrogens with one attached hydrogen (secondary N) is 1. The highest BCUT2D eigenvalue weighted by Gasteiger charge is 2.08. The quantitative estimate of drug-likeness (QED) is 0.712. The van der Waals surface area contributed by atoms with Crippen molar-refractivity contribution in [3.8, 4) is 0 Å². The van der Waals surface area contributed by atoms with Gasteiger partial charge in [-0.15, -0.1) is 0 Å². The first-order valence-corrected chi connectivity index (χ1v) is 4.73. The summed E-state index contributed by atoms with van der Waals surface area (Å²) in [5.41, 5.74) is -0.0812. The molecule has 1 heterocycles. The van der Waals surface area contributed by atoms with Gasteiger partial charge in [-0.1, -0.05) is 6.07 Å². The fourth-order valence-electron chi connectivity index (χ4n) is 1.13. The zero-order valence-electron chi connectivity index (χ0n) is 8.51. The molecule has 0 amide bonds. The van der Waals surface area contributed by atoms with Crippen molar-refractivity contribution in [1.82, 2.24) is 9.88 Å². The molecule has 0 aliphatic rings. The van der Waals surface area contributed by atoms with E-state index in [1.807, 2.05) is 0 Å². The molecule has 0 unspecified atom stereocenters. The summed E-state index contributed by atoms with van der Waals surface area (Å²) in [5, 5.41) is 11.4. The maximum Gasteiger partial charge on any atom is 0.320 e. The lowest BCUT2D eigenvalue weighted by atomic mass is 10.3. The molecule has 0 radical (unpaired) electrons. The van der Waals surface area contributed by atoms with E-state index in [0.717, 1.165) is 0 Å². The van der Waals surface area contributed by atoms with Crippen LogP contribution in [0.2, 0.25) is 0 Å². The fourth-order valence-corrected chi connectivity index (χ4v) is 1.13. The molecule has 2 N–H and O–H groups in total. The average Bonchev–Trinajstić information content (AvgIpc) is 2.20. The van der Waals surface area contributed by atoms with Gasteiger partial charge in [0.2, 0.25) is 0 Å². The van der Waals surface area contributed by atoms with Crippen molar-refractivity contribution in [2.24, 2.45) is 0 Å². The lowest BCUT2D eigenvalue weighted by Crippen LogP contribution is -2.36. The molecule has 0 saturated heterocycles. The van der Waals surface area contributed by atoms with E-state index in [1.54, 1.807) is 25.3 Å². The number of carbonyl (C=O) groups is 1. The van der Waals surface area contributed by atoms with E-state index >= 15 is 0 Å². The van der Waals surface area contributed by atoms with Gasteiger partial charge in [0.05, 0.1) is 0 Å². The average molecular weight is 210 g/mol. The van der Waals surface area contributed by atoms with Gasteiger partial charge in [0, 0.05) is 25.4 Å². The first-order valence-electron chi connectivity index (χ1n) is 4.73. The number of aromatic nitrogens is 1. The van der Waals surface area contributed by atoms with Crippen molar-refractivity contribution in [3.63, 3.8) is 0 Å². The number of pyridine rings is 1. The van der Waals surface area contributed by atoms with E-state index < -0.39 is 12.0 Å². The Kier molecular flexibility index (Phi) is 4.05. The van der Waals surface area contributed by atoms with Crippen LogP contribution in [0.1, 0.15) is 6.92 Å². The Labute approximate surface area is 87.4 Å². The van der Waals surface area contributed by atoms with Crippen molar-refractivity contribution in [1.29, 1.82) is 0 Å². The van der Waals surface area contributed by atoms with Gasteiger partial charge in [0.15, 0.2) is 0 Å². The standard InChI is InChI=1S/C10H14N2O3/c1-8(10(14)15)11-5-7-12-6-3-2-4-9(12)13/h2-4,6,8,11H,5,7H2,1H3,(H,14,15)/t8-/m1/s1. The smallest absolute Gasteiger partial charge is 0.320 e. The van der Waals surface area contributed by atoms with Crippen molar-refractivity contribution in [2.45, 2.75) is 19.5 Å². The third-order valence-corrected chi connectivity index (χ3v) is 2.07. The van der Waals surface area contributed by atoms with E-state index in [-0.39, 0.29) is 5.56 Å². The van der Waals surface area contributed by atoms with Crippen LogP contribution in [0, 0.1) is 0 Å². The number of aliphatic carboxylic acids is 1. The number of hydrogen-bond acceptors (Lipinski definition) is 3. The number of carboxylic acid groups (broad SMARTS) is 1. The Morgan fingerprint density at radius 1 is 1.60 bits per heavy atom. The summed E-state index contributed by atoms with van der Waals surface area (Å²) in [6, 6.07) is 4.32. The molecule has 1 aromatic heterocycles. The fraction of sp³-hybridized carbons (Fsp3) is 0.400. The summed E-state index contributed by atoms with van der Waals surface area (Å²) >= 11 is 0. The molecule has 5 nitrogen and oxygen atoms in total. The van der Waals surface area contributed by atoms with Crippen LogP contribution in [0.4, 0.5) is 0 Å². The second kappa shape index (κ2) is 5.31. The monoisotopic (exact) mass is 210 g/mol. The number of rotatable bonds is 5. The van der Waals surface area contributed by atoms with Gasteiger partial charge < -0.3 is 15.0 Å². The van der Waals surface area contributed by atoms with Gasteiger partial charge in [-0.05, 0) is 13.0 Å². The van der Waals surface area contributed by atoms with E-state index in [2.05, 4.69) is 5.32 Å². The SMILES string of the molecule is C[C@@H](NCCn1ccccc1=O)C(=O)O. The summed E-state index contributed by atoms with van der Waals surface area (Å²) in [6.07, 6.45) is 1.68. The molecule has 1 aromatic rings. The lowest BCUT2D eigenvalue weighted by Gasteiger charge is -2.09. The van der Waals surface area contributed by atoms with Crippen molar-refractivity contribution >= 4 is 5.97 Å². The molecule has 0 spiro atoms. The predicted molar refractivity (Wildman–Crippen MR) is 55.8 cm³/mol. The van der Waals surface area contributed by atoms with Gasteiger partial charge in [0.1, 0.15) is 6.04 Å². The largest absolute Gasteiger partial charge is 0.480 e. The second-order valence-corrected chi connectivity index (χ2v) is 3.25. The molecule has 82 valence electrons. The molecule has 5 heteroatoms. The summed E-state index contributed by atoms with van der Waals surface area (Å²) in [6.45, 7) is 2.49. The molecule has 0 bridgehead atoms.